The Labute approximate surface area is 117 Å². The van der Waals surface area contributed by atoms with Gasteiger partial charge in [-0.2, -0.15) is 0 Å². The summed E-state index contributed by atoms with van der Waals surface area (Å²) in [6.45, 7) is 1.30. The number of rotatable bonds is 1. The number of nitrogens with one attached hydrogen (secondary N) is 1. The number of aromatic nitrogens is 1. The Morgan fingerprint density at radius 1 is 1.15 bits per heavy atom. The number of nitrogens with zero attached hydrogens (tertiary/aromatic N) is 1. The predicted octanol–water partition coefficient (Wildman–Crippen LogP) is 1.59. The summed E-state index contributed by atoms with van der Waals surface area (Å²) in [6.07, 6.45) is 3.54. The maximum atomic E-state index is 12.5. The number of fused-ring (bicyclic) bond motifs is 3. The molecule has 2 atom stereocenters. The van der Waals surface area contributed by atoms with Crippen LogP contribution in [0.4, 0.5) is 0 Å². The maximum absolute atomic E-state index is 12.5. The third-order valence-corrected chi connectivity index (χ3v) is 6.54. The minimum absolute atomic E-state index is 0.0895. The molecule has 5 heteroatoms. The second-order valence-electron chi connectivity index (χ2n) is 5.34. The van der Waals surface area contributed by atoms with Crippen molar-refractivity contribution in [3.63, 3.8) is 0 Å². The van der Waals surface area contributed by atoms with Gasteiger partial charge in [0.2, 0.25) is 0 Å². The lowest BCUT2D eigenvalue weighted by atomic mass is 9.95. The standard InChI is InChI=1S/C15H14N2O2S/c18-20(19)14-4-3-10(11-2-1-5-16-7-11)6-12(14)13-8-17-9-15(13)20/h1-7,13,15,17H,8-9H2/t13-,15+/m1/s1. The fourth-order valence-electron chi connectivity index (χ4n) is 3.26. The summed E-state index contributed by atoms with van der Waals surface area (Å²) in [6, 6.07) is 9.52. The van der Waals surface area contributed by atoms with Gasteiger partial charge in [0.1, 0.15) is 0 Å². The molecule has 0 radical (unpaired) electrons. The van der Waals surface area contributed by atoms with Crippen LogP contribution in [0.25, 0.3) is 11.1 Å². The fourth-order valence-corrected chi connectivity index (χ4v) is 5.40. The minimum atomic E-state index is -3.16. The molecule has 1 N–H and O–H groups in total. The summed E-state index contributed by atoms with van der Waals surface area (Å²) >= 11 is 0. The lowest BCUT2D eigenvalue weighted by molar-refractivity contribution is 0.587. The molecule has 0 saturated carbocycles. The van der Waals surface area contributed by atoms with Gasteiger partial charge in [0.15, 0.2) is 9.84 Å². The van der Waals surface area contributed by atoms with Crippen LogP contribution in [0.1, 0.15) is 11.5 Å². The Balaban J connectivity index is 1.89. The fraction of sp³-hybridized carbons (Fsp3) is 0.267. The van der Waals surface area contributed by atoms with E-state index in [0.29, 0.717) is 11.4 Å². The molecule has 4 rings (SSSR count). The summed E-state index contributed by atoms with van der Waals surface area (Å²) < 4.78 is 24.9. The molecule has 2 aliphatic heterocycles. The SMILES string of the molecule is O=S1(=O)c2ccc(-c3cccnc3)cc2[C@H]2CNC[C@@H]21. The van der Waals surface area contributed by atoms with Gasteiger partial charge in [-0.3, -0.25) is 4.98 Å². The van der Waals surface area contributed by atoms with E-state index in [1.807, 2.05) is 24.3 Å². The molecule has 0 amide bonds. The molecular weight excluding hydrogens is 272 g/mol. The predicted molar refractivity (Wildman–Crippen MR) is 76.3 cm³/mol. The Kier molecular flexibility index (Phi) is 2.49. The number of pyridine rings is 1. The Hall–Kier alpha value is -1.72. The second kappa shape index (κ2) is 4.14. The number of sulfone groups is 1. The highest BCUT2D eigenvalue weighted by atomic mass is 32.2. The Morgan fingerprint density at radius 3 is 2.85 bits per heavy atom. The summed E-state index contributed by atoms with van der Waals surface area (Å²) in [5.74, 6) is 0.0895. The molecule has 0 bridgehead atoms. The normalized spacial score (nSPS) is 26.2. The van der Waals surface area contributed by atoms with Gasteiger partial charge in [-0.25, -0.2) is 8.42 Å². The smallest absolute Gasteiger partial charge is 0.183 e. The van der Waals surface area contributed by atoms with Gasteiger partial charge in [-0.1, -0.05) is 12.1 Å². The lowest BCUT2D eigenvalue weighted by Crippen LogP contribution is -2.22. The zero-order chi connectivity index (χ0) is 13.7. The molecule has 4 nitrogen and oxygen atoms in total. The van der Waals surface area contributed by atoms with Gasteiger partial charge in [0.25, 0.3) is 0 Å². The van der Waals surface area contributed by atoms with Crippen LogP contribution in [-0.2, 0) is 9.84 Å². The Morgan fingerprint density at radius 2 is 2.05 bits per heavy atom. The highest BCUT2D eigenvalue weighted by Crippen LogP contribution is 2.43. The summed E-state index contributed by atoms with van der Waals surface area (Å²) in [7, 11) is -3.16. The second-order valence-corrected chi connectivity index (χ2v) is 7.48. The molecule has 0 unspecified atom stereocenters. The van der Waals surface area contributed by atoms with E-state index in [1.54, 1.807) is 18.5 Å². The number of hydrogen-bond acceptors (Lipinski definition) is 4. The molecule has 1 saturated heterocycles. The van der Waals surface area contributed by atoms with Crippen LogP contribution in [-0.4, -0.2) is 31.7 Å². The first kappa shape index (κ1) is 12.1. The first-order chi connectivity index (χ1) is 9.68. The number of hydrogen-bond donors (Lipinski definition) is 1. The first-order valence-electron chi connectivity index (χ1n) is 6.67. The van der Waals surface area contributed by atoms with E-state index in [9.17, 15) is 8.42 Å². The zero-order valence-corrected chi connectivity index (χ0v) is 11.6. The topological polar surface area (TPSA) is 59.1 Å². The van der Waals surface area contributed by atoms with Crippen LogP contribution in [0.2, 0.25) is 0 Å². The van der Waals surface area contributed by atoms with Gasteiger partial charge in [0.05, 0.1) is 10.1 Å². The van der Waals surface area contributed by atoms with E-state index in [2.05, 4.69) is 10.3 Å². The van der Waals surface area contributed by atoms with Crippen molar-refractivity contribution in [2.75, 3.05) is 13.1 Å². The van der Waals surface area contributed by atoms with Gasteiger partial charge in [-0.05, 0) is 34.9 Å². The van der Waals surface area contributed by atoms with Crippen molar-refractivity contribution >= 4 is 9.84 Å². The number of benzene rings is 1. The summed E-state index contributed by atoms with van der Waals surface area (Å²) in [4.78, 5) is 4.63. The van der Waals surface area contributed by atoms with Crippen molar-refractivity contribution < 1.29 is 8.42 Å². The molecule has 1 aromatic heterocycles. The average Bonchev–Trinajstić information content (AvgIpc) is 3.04. The molecule has 3 heterocycles. The molecule has 2 aliphatic rings. The van der Waals surface area contributed by atoms with Crippen molar-refractivity contribution in [2.45, 2.75) is 16.1 Å². The molecule has 102 valence electrons. The molecule has 0 spiro atoms. The molecule has 0 aliphatic carbocycles. The Bertz CT molecular complexity index is 772. The van der Waals surface area contributed by atoms with Gasteiger partial charge in [-0.15, -0.1) is 0 Å². The van der Waals surface area contributed by atoms with Crippen molar-refractivity contribution in [1.82, 2.24) is 10.3 Å². The van der Waals surface area contributed by atoms with Crippen LogP contribution >= 0.6 is 0 Å². The largest absolute Gasteiger partial charge is 0.315 e. The van der Waals surface area contributed by atoms with E-state index in [-0.39, 0.29) is 11.2 Å². The van der Waals surface area contributed by atoms with Crippen molar-refractivity contribution in [3.8, 4) is 11.1 Å². The highest BCUT2D eigenvalue weighted by Gasteiger charge is 2.47. The van der Waals surface area contributed by atoms with Gasteiger partial charge < -0.3 is 5.32 Å². The quantitative estimate of drug-likeness (QED) is 0.865. The van der Waals surface area contributed by atoms with Crippen LogP contribution in [0.5, 0.6) is 0 Å². The average molecular weight is 286 g/mol. The third-order valence-electron chi connectivity index (χ3n) is 4.27. The molecule has 1 aromatic carbocycles. The van der Waals surface area contributed by atoms with Crippen LogP contribution in [0, 0.1) is 0 Å². The molecular formula is C15H14N2O2S. The highest BCUT2D eigenvalue weighted by molar-refractivity contribution is 7.92. The third kappa shape index (κ3) is 1.57. The summed E-state index contributed by atoms with van der Waals surface area (Å²) in [5, 5.41) is 2.90. The molecule has 20 heavy (non-hydrogen) atoms. The van der Waals surface area contributed by atoms with E-state index in [1.165, 1.54) is 0 Å². The first-order valence-corrected chi connectivity index (χ1v) is 8.21. The van der Waals surface area contributed by atoms with Crippen LogP contribution in [0.15, 0.2) is 47.6 Å². The van der Waals surface area contributed by atoms with E-state index >= 15 is 0 Å². The maximum Gasteiger partial charge on any atom is 0.183 e. The van der Waals surface area contributed by atoms with Gasteiger partial charge in [0, 0.05) is 31.4 Å². The van der Waals surface area contributed by atoms with Crippen LogP contribution in [0.3, 0.4) is 0 Å². The minimum Gasteiger partial charge on any atom is -0.315 e. The zero-order valence-electron chi connectivity index (χ0n) is 10.8. The van der Waals surface area contributed by atoms with E-state index < -0.39 is 9.84 Å². The van der Waals surface area contributed by atoms with Crippen molar-refractivity contribution in [1.29, 1.82) is 0 Å². The molecule has 2 aromatic rings. The van der Waals surface area contributed by atoms with Crippen LogP contribution < -0.4 is 5.32 Å². The van der Waals surface area contributed by atoms with E-state index in [4.69, 9.17) is 0 Å². The monoisotopic (exact) mass is 286 g/mol. The lowest BCUT2D eigenvalue weighted by Gasteiger charge is -2.08. The van der Waals surface area contributed by atoms with Crippen molar-refractivity contribution in [3.05, 3.63) is 48.3 Å². The molecule has 1 fully saturated rings. The van der Waals surface area contributed by atoms with Crippen molar-refractivity contribution in [2.24, 2.45) is 0 Å². The summed E-state index contributed by atoms with van der Waals surface area (Å²) in [5.41, 5.74) is 3.00. The van der Waals surface area contributed by atoms with E-state index in [0.717, 1.165) is 23.2 Å². The van der Waals surface area contributed by atoms with Gasteiger partial charge >= 0.3 is 0 Å².